The van der Waals surface area contributed by atoms with E-state index < -0.39 is 5.97 Å². The highest BCUT2D eigenvalue weighted by Crippen LogP contribution is 2.38. The Bertz CT molecular complexity index is 1220. The Morgan fingerprint density at radius 1 is 0.966 bits per heavy atom. The van der Waals surface area contributed by atoms with Crippen molar-refractivity contribution in [2.24, 2.45) is 0 Å². The maximum Gasteiger partial charge on any atom is 0.336 e. The minimum atomic E-state index is -0.907. The first-order chi connectivity index (χ1) is 14.2. The number of aromatic nitrogens is 1. The third-order valence-electron chi connectivity index (χ3n) is 5.64. The van der Waals surface area contributed by atoms with E-state index >= 15 is 0 Å². The van der Waals surface area contributed by atoms with Crippen LogP contribution in [0.4, 0.5) is 5.69 Å². The predicted molar refractivity (Wildman–Crippen MR) is 116 cm³/mol. The Morgan fingerprint density at radius 3 is 2.52 bits per heavy atom. The van der Waals surface area contributed by atoms with E-state index in [1.807, 2.05) is 66.7 Å². The fourth-order valence-electron chi connectivity index (χ4n) is 4.31. The quantitative estimate of drug-likeness (QED) is 0.501. The van der Waals surface area contributed by atoms with Gasteiger partial charge in [0.15, 0.2) is 0 Å². The lowest BCUT2D eigenvalue weighted by Crippen LogP contribution is -2.13. The number of hydrogen-bond acceptors (Lipinski definition) is 3. The Morgan fingerprint density at radius 2 is 1.69 bits per heavy atom. The number of benzene rings is 3. The van der Waals surface area contributed by atoms with Gasteiger partial charge in [0.05, 0.1) is 16.8 Å². The van der Waals surface area contributed by atoms with Crippen molar-refractivity contribution in [3.8, 4) is 11.3 Å². The first-order valence-electron chi connectivity index (χ1n) is 9.75. The molecule has 1 atom stereocenters. The van der Waals surface area contributed by atoms with Crippen molar-refractivity contribution in [3.63, 3.8) is 0 Å². The summed E-state index contributed by atoms with van der Waals surface area (Å²) in [5.41, 5.74) is 5.92. The topological polar surface area (TPSA) is 62.2 Å². The third-order valence-corrected chi connectivity index (χ3v) is 5.64. The zero-order valence-electron chi connectivity index (χ0n) is 15.8. The average Bonchev–Trinajstić information content (AvgIpc) is 3.16. The number of para-hydroxylation sites is 2. The van der Waals surface area contributed by atoms with Crippen molar-refractivity contribution in [1.29, 1.82) is 0 Å². The second-order valence-electron chi connectivity index (χ2n) is 7.37. The van der Waals surface area contributed by atoms with Crippen LogP contribution in [0.2, 0.25) is 0 Å². The van der Waals surface area contributed by atoms with E-state index in [9.17, 15) is 9.90 Å². The summed E-state index contributed by atoms with van der Waals surface area (Å²) in [5.74, 6) is -0.704. The van der Waals surface area contributed by atoms with E-state index in [1.165, 1.54) is 5.56 Å². The number of fused-ring (bicyclic) bond motifs is 2. The van der Waals surface area contributed by atoms with Crippen LogP contribution in [0.25, 0.3) is 22.2 Å². The number of carbonyl (C=O) groups is 1. The molecule has 0 radical (unpaired) electrons. The number of aromatic carboxylic acids is 1. The molecule has 0 saturated heterocycles. The van der Waals surface area contributed by atoms with E-state index in [0.29, 0.717) is 22.9 Å². The van der Waals surface area contributed by atoms with Gasteiger partial charge in [-0.05, 0) is 29.7 Å². The minimum absolute atomic E-state index is 0.203. The van der Waals surface area contributed by atoms with Crippen LogP contribution in [0, 0.1) is 0 Å². The van der Waals surface area contributed by atoms with Gasteiger partial charge in [-0.1, -0.05) is 66.7 Å². The third kappa shape index (κ3) is 3.03. The summed E-state index contributed by atoms with van der Waals surface area (Å²) in [6.07, 6.45) is 0.619. The van der Waals surface area contributed by atoms with E-state index in [0.717, 1.165) is 29.1 Å². The average molecular weight is 380 g/mol. The molecular weight excluding hydrogens is 360 g/mol. The zero-order valence-corrected chi connectivity index (χ0v) is 15.8. The molecule has 1 aliphatic heterocycles. The smallest absolute Gasteiger partial charge is 0.336 e. The first kappa shape index (κ1) is 17.4. The molecular formula is C25H20N2O2. The standard InChI is InChI=1S/C25H20N2O2/c28-25(29)23-19-11-5-7-13-22(19)27-24(16-8-2-1-3-9-16)20(23)14-17-15-26-21-12-6-4-10-18(17)21/h1-13,17,26H,14-15H2,(H,28,29). The molecule has 29 heavy (non-hydrogen) atoms. The Balaban J connectivity index is 1.74. The molecule has 0 aliphatic carbocycles. The highest BCUT2D eigenvalue weighted by atomic mass is 16.4. The molecule has 0 bridgehead atoms. The van der Waals surface area contributed by atoms with Crippen LogP contribution < -0.4 is 5.32 Å². The summed E-state index contributed by atoms with van der Waals surface area (Å²) >= 11 is 0. The lowest BCUT2D eigenvalue weighted by molar-refractivity contribution is 0.0698. The van der Waals surface area contributed by atoms with Gasteiger partial charge in [0.25, 0.3) is 0 Å². The number of nitrogens with one attached hydrogen (secondary N) is 1. The molecule has 2 heterocycles. The SMILES string of the molecule is O=C(O)c1c(CC2CNc3ccccc32)c(-c2ccccc2)nc2ccccc12. The Labute approximate surface area is 168 Å². The van der Waals surface area contributed by atoms with E-state index in [4.69, 9.17) is 4.98 Å². The second kappa shape index (κ2) is 7.06. The van der Waals surface area contributed by atoms with Gasteiger partial charge in [-0.15, -0.1) is 0 Å². The van der Waals surface area contributed by atoms with Gasteiger partial charge in [0, 0.05) is 29.1 Å². The number of hydrogen-bond donors (Lipinski definition) is 2. The van der Waals surface area contributed by atoms with Gasteiger partial charge in [-0.3, -0.25) is 0 Å². The highest BCUT2D eigenvalue weighted by molar-refractivity contribution is 6.05. The summed E-state index contributed by atoms with van der Waals surface area (Å²) < 4.78 is 0. The number of carboxylic acid groups (broad SMARTS) is 1. The molecule has 0 saturated carbocycles. The number of rotatable bonds is 4. The largest absolute Gasteiger partial charge is 0.478 e. The van der Waals surface area contributed by atoms with Crippen LogP contribution in [0.1, 0.15) is 27.4 Å². The zero-order chi connectivity index (χ0) is 19.8. The van der Waals surface area contributed by atoms with Gasteiger partial charge >= 0.3 is 5.97 Å². The highest BCUT2D eigenvalue weighted by Gasteiger charge is 2.27. The molecule has 1 unspecified atom stereocenters. The van der Waals surface area contributed by atoms with Gasteiger partial charge < -0.3 is 10.4 Å². The number of pyridine rings is 1. The van der Waals surface area contributed by atoms with Gasteiger partial charge in [0.1, 0.15) is 0 Å². The van der Waals surface area contributed by atoms with Crippen molar-refractivity contribution < 1.29 is 9.90 Å². The minimum Gasteiger partial charge on any atom is -0.478 e. The van der Waals surface area contributed by atoms with E-state index in [-0.39, 0.29) is 5.92 Å². The molecule has 1 aromatic heterocycles. The normalized spacial score (nSPS) is 15.1. The first-order valence-corrected chi connectivity index (χ1v) is 9.75. The Hall–Kier alpha value is -3.66. The molecule has 1 aliphatic rings. The number of nitrogens with zero attached hydrogens (tertiary/aromatic N) is 1. The lowest BCUT2D eigenvalue weighted by Gasteiger charge is -2.18. The molecule has 0 fully saturated rings. The van der Waals surface area contributed by atoms with Crippen LogP contribution in [-0.2, 0) is 6.42 Å². The predicted octanol–water partition coefficient (Wildman–Crippen LogP) is 5.35. The summed E-state index contributed by atoms with van der Waals surface area (Å²) in [4.78, 5) is 17.3. The molecule has 5 rings (SSSR count). The summed E-state index contributed by atoms with van der Waals surface area (Å²) in [6.45, 7) is 0.791. The van der Waals surface area contributed by atoms with Crippen LogP contribution in [-0.4, -0.2) is 22.6 Å². The maximum absolute atomic E-state index is 12.4. The second-order valence-corrected chi connectivity index (χ2v) is 7.37. The van der Waals surface area contributed by atoms with Gasteiger partial charge in [0.2, 0.25) is 0 Å². The molecule has 2 N–H and O–H groups in total. The molecule has 4 heteroatoms. The maximum atomic E-state index is 12.4. The molecule has 0 spiro atoms. The van der Waals surface area contributed by atoms with Crippen LogP contribution in [0.15, 0.2) is 78.9 Å². The fourth-order valence-corrected chi connectivity index (χ4v) is 4.31. The summed E-state index contributed by atoms with van der Waals surface area (Å²) in [7, 11) is 0. The fraction of sp³-hybridized carbons (Fsp3) is 0.120. The molecule has 3 aromatic carbocycles. The Kier molecular flexibility index (Phi) is 4.24. The molecule has 4 nitrogen and oxygen atoms in total. The van der Waals surface area contributed by atoms with Crippen molar-refractivity contribution in [1.82, 2.24) is 4.98 Å². The van der Waals surface area contributed by atoms with E-state index in [1.54, 1.807) is 0 Å². The van der Waals surface area contributed by atoms with Crippen LogP contribution in [0.5, 0.6) is 0 Å². The molecule has 142 valence electrons. The molecule has 4 aromatic rings. The monoisotopic (exact) mass is 380 g/mol. The molecule has 0 amide bonds. The number of anilines is 1. The van der Waals surface area contributed by atoms with Crippen molar-refractivity contribution >= 4 is 22.6 Å². The summed E-state index contributed by atoms with van der Waals surface area (Å²) in [5, 5.41) is 14.3. The lowest BCUT2D eigenvalue weighted by atomic mass is 9.87. The van der Waals surface area contributed by atoms with Crippen LogP contribution >= 0.6 is 0 Å². The summed E-state index contributed by atoms with van der Waals surface area (Å²) in [6, 6.07) is 25.6. The van der Waals surface area contributed by atoms with Crippen molar-refractivity contribution in [2.45, 2.75) is 12.3 Å². The van der Waals surface area contributed by atoms with Gasteiger partial charge in [-0.25, -0.2) is 9.78 Å². The van der Waals surface area contributed by atoms with Crippen molar-refractivity contribution in [3.05, 3.63) is 95.6 Å². The van der Waals surface area contributed by atoms with E-state index in [2.05, 4.69) is 17.4 Å². The van der Waals surface area contributed by atoms with Crippen molar-refractivity contribution in [2.75, 3.05) is 11.9 Å². The van der Waals surface area contributed by atoms with Gasteiger partial charge in [-0.2, -0.15) is 0 Å². The number of carboxylic acids is 1. The van der Waals surface area contributed by atoms with Crippen LogP contribution in [0.3, 0.4) is 0 Å².